The van der Waals surface area contributed by atoms with Crippen LogP contribution in [0.4, 0.5) is 11.4 Å². The fourth-order valence-electron chi connectivity index (χ4n) is 1.95. The number of pyridine rings is 1. The number of nitrogens with zero attached hydrogens (tertiary/aromatic N) is 2. The van der Waals surface area contributed by atoms with Crippen molar-refractivity contribution in [2.45, 2.75) is 6.42 Å². The molecular formula is C15H18N4O. The van der Waals surface area contributed by atoms with Crippen molar-refractivity contribution in [3.63, 3.8) is 0 Å². The maximum absolute atomic E-state index is 12.3. The van der Waals surface area contributed by atoms with Gasteiger partial charge in [-0.25, -0.2) is 0 Å². The van der Waals surface area contributed by atoms with Crippen LogP contribution in [0.5, 0.6) is 0 Å². The molecule has 0 fully saturated rings. The highest BCUT2D eigenvalue weighted by molar-refractivity contribution is 5.96. The van der Waals surface area contributed by atoms with Crippen LogP contribution in [0.25, 0.3) is 0 Å². The number of nitrogens with two attached hydrogens (primary N) is 2. The summed E-state index contributed by atoms with van der Waals surface area (Å²) in [5.74, 6) is -0.0973. The molecule has 5 heteroatoms. The molecule has 0 aliphatic rings. The molecule has 0 radical (unpaired) electrons. The van der Waals surface area contributed by atoms with E-state index in [4.69, 9.17) is 11.5 Å². The Kier molecular flexibility index (Phi) is 4.20. The van der Waals surface area contributed by atoms with Crippen LogP contribution in [0.15, 0.2) is 42.6 Å². The van der Waals surface area contributed by atoms with Gasteiger partial charge in [0.15, 0.2) is 0 Å². The SMILES string of the molecule is CN(CCc1ccccn1)C(=O)c1cc(N)cc(N)c1. The Morgan fingerprint density at radius 1 is 1.20 bits per heavy atom. The molecule has 2 rings (SSSR count). The van der Waals surface area contributed by atoms with Crippen molar-refractivity contribution in [1.82, 2.24) is 9.88 Å². The Morgan fingerprint density at radius 3 is 2.50 bits per heavy atom. The first-order chi connectivity index (χ1) is 9.56. The molecule has 4 N–H and O–H groups in total. The van der Waals surface area contributed by atoms with Crippen molar-refractivity contribution in [3.8, 4) is 0 Å². The van der Waals surface area contributed by atoms with Gasteiger partial charge in [-0.2, -0.15) is 0 Å². The average molecular weight is 270 g/mol. The van der Waals surface area contributed by atoms with E-state index in [1.807, 2.05) is 18.2 Å². The summed E-state index contributed by atoms with van der Waals surface area (Å²) in [4.78, 5) is 18.1. The van der Waals surface area contributed by atoms with E-state index in [0.29, 0.717) is 29.9 Å². The van der Waals surface area contributed by atoms with E-state index < -0.39 is 0 Å². The van der Waals surface area contributed by atoms with Crippen molar-refractivity contribution in [1.29, 1.82) is 0 Å². The first-order valence-corrected chi connectivity index (χ1v) is 6.37. The van der Waals surface area contributed by atoms with Gasteiger partial charge in [-0.15, -0.1) is 0 Å². The first kappa shape index (κ1) is 13.9. The standard InChI is InChI=1S/C15H18N4O/c1-19(7-5-14-4-2-3-6-18-14)15(20)11-8-12(16)10-13(17)9-11/h2-4,6,8-10H,5,7,16-17H2,1H3. The normalized spacial score (nSPS) is 10.2. The van der Waals surface area contributed by atoms with Crippen molar-refractivity contribution in [2.24, 2.45) is 0 Å². The quantitative estimate of drug-likeness (QED) is 0.826. The highest BCUT2D eigenvalue weighted by Crippen LogP contribution is 2.15. The van der Waals surface area contributed by atoms with Crippen LogP contribution < -0.4 is 11.5 Å². The third kappa shape index (κ3) is 3.47. The molecule has 104 valence electrons. The Labute approximate surface area is 118 Å². The van der Waals surface area contributed by atoms with Gasteiger partial charge in [0.25, 0.3) is 5.91 Å². The van der Waals surface area contributed by atoms with Crippen molar-refractivity contribution >= 4 is 17.3 Å². The Morgan fingerprint density at radius 2 is 1.90 bits per heavy atom. The van der Waals surface area contributed by atoms with Gasteiger partial charge in [-0.05, 0) is 30.3 Å². The lowest BCUT2D eigenvalue weighted by atomic mass is 10.1. The van der Waals surface area contributed by atoms with Gasteiger partial charge >= 0.3 is 0 Å². The highest BCUT2D eigenvalue weighted by atomic mass is 16.2. The van der Waals surface area contributed by atoms with Crippen molar-refractivity contribution in [2.75, 3.05) is 25.1 Å². The van der Waals surface area contributed by atoms with Crippen LogP contribution >= 0.6 is 0 Å². The zero-order valence-electron chi connectivity index (χ0n) is 11.4. The summed E-state index contributed by atoms with van der Waals surface area (Å²) < 4.78 is 0. The molecule has 0 bridgehead atoms. The first-order valence-electron chi connectivity index (χ1n) is 6.37. The van der Waals surface area contributed by atoms with Crippen LogP contribution in [-0.4, -0.2) is 29.4 Å². The van der Waals surface area contributed by atoms with E-state index in [0.717, 1.165) is 5.69 Å². The molecule has 0 spiro atoms. The largest absolute Gasteiger partial charge is 0.399 e. The molecule has 1 aromatic heterocycles. The van der Waals surface area contributed by atoms with E-state index >= 15 is 0 Å². The monoisotopic (exact) mass is 270 g/mol. The van der Waals surface area contributed by atoms with Gasteiger partial charge < -0.3 is 16.4 Å². The molecule has 1 aromatic carbocycles. The lowest BCUT2D eigenvalue weighted by Crippen LogP contribution is -2.29. The number of hydrogen-bond donors (Lipinski definition) is 2. The summed E-state index contributed by atoms with van der Waals surface area (Å²) >= 11 is 0. The zero-order chi connectivity index (χ0) is 14.5. The average Bonchev–Trinajstić information content (AvgIpc) is 2.44. The van der Waals surface area contributed by atoms with Crippen LogP contribution in [0.2, 0.25) is 0 Å². The van der Waals surface area contributed by atoms with E-state index in [-0.39, 0.29) is 5.91 Å². The number of benzene rings is 1. The molecule has 20 heavy (non-hydrogen) atoms. The third-order valence-electron chi connectivity index (χ3n) is 3.00. The zero-order valence-corrected chi connectivity index (χ0v) is 11.4. The van der Waals surface area contributed by atoms with Crippen LogP contribution in [0.3, 0.4) is 0 Å². The number of carbonyl (C=O) groups is 1. The maximum atomic E-state index is 12.3. The minimum absolute atomic E-state index is 0.0973. The van der Waals surface area contributed by atoms with Crippen molar-refractivity contribution < 1.29 is 4.79 Å². The minimum atomic E-state index is -0.0973. The Balaban J connectivity index is 2.01. The number of likely N-dealkylation sites (N-methyl/N-ethyl adjacent to an activating group) is 1. The number of rotatable bonds is 4. The molecule has 0 atom stereocenters. The summed E-state index contributed by atoms with van der Waals surface area (Å²) in [6.45, 7) is 0.588. The van der Waals surface area contributed by atoms with E-state index in [1.165, 1.54) is 0 Å². The van der Waals surface area contributed by atoms with Gasteiger partial charge in [0.05, 0.1) is 0 Å². The molecule has 1 heterocycles. The van der Waals surface area contributed by atoms with Crippen LogP contribution in [-0.2, 0) is 6.42 Å². The lowest BCUT2D eigenvalue weighted by Gasteiger charge is -2.17. The summed E-state index contributed by atoms with van der Waals surface area (Å²) in [7, 11) is 1.75. The maximum Gasteiger partial charge on any atom is 0.253 e. The number of carbonyl (C=O) groups excluding carboxylic acids is 1. The Bertz CT molecular complexity index is 578. The second-order valence-electron chi connectivity index (χ2n) is 4.69. The fourth-order valence-corrected chi connectivity index (χ4v) is 1.95. The summed E-state index contributed by atoms with van der Waals surface area (Å²) in [5, 5.41) is 0. The molecule has 1 amide bonds. The van der Waals surface area contributed by atoms with Gasteiger partial charge in [-0.1, -0.05) is 6.07 Å². The van der Waals surface area contributed by atoms with E-state index in [9.17, 15) is 4.79 Å². The van der Waals surface area contributed by atoms with Gasteiger partial charge in [0, 0.05) is 48.8 Å². The molecule has 0 saturated carbocycles. The fraction of sp³-hybridized carbons (Fsp3) is 0.200. The summed E-state index contributed by atoms with van der Waals surface area (Å²) in [6.07, 6.45) is 2.45. The second-order valence-corrected chi connectivity index (χ2v) is 4.69. The summed E-state index contributed by atoms with van der Waals surface area (Å²) in [6, 6.07) is 10.6. The number of nitrogen functional groups attached to an aromatic ring is 2. The molecule has 0 saturated heterocycles. The number of anilines is 2. The minimum Gasteiger partial charge on any atom is -0.399 e. The highest BCUT2D eigenvalue weighted by Gasteiger charge is 2.12. The number of amides is 1. The molecule has 5 nitrogen and oxygen atoms in total. The van der Waals surface area contributed by atoms with Crippen molar-refractivity contribution in [3.05, 3.63) is 53.9 Å². The Hall–Kier alpha value is -2.56. The number of hydrogen-bond acceptors (Lipinski definition) is 4. The van der Waals surface area contributed by atoms with Crippen LogP contribution in [0.1, 0.15) is 16.1 Å². The van der Waals surface area contributed by atoms with E-state index in [1.54, 1.807) is 36.3 Å². The topological polar surface area (TPSA) is 85.2 Å². The predicted molar refractivity (Wildman–Crippen MR) is 80.2 cm³/mol. The van der Waals surface area contributed by atoms with Crippen LogP contribution in [0, 0.1) is 0 Å². The van der Waals surface area contributed by atoms with Gasteiger partial charge in [-0.3, -0.25) is 9.78 Å². The summed E-state index contributed by atoms with van der Waals surface area (Å²) in [5.41, 5.74) is 13.9. The smallest absolute Gasteiger partial charge is 0.253 e. The predicted octanol–water partition coefficient (Wildman–Crippen LogP) is 1.56. The van der Waals surface area contributed by atoms with Gasteiger partial charge in [0.2, 0.25) is 0 Å². The molecule has 2 aromatic rings. The number of aromatic nitrogens is 1. The molecular weight excluding hydrogens is 252 g/mol. The third-order valence-corrected chi connectivity index (χ3v) is 3.00. The molecule has 0 aliphatic carbocycles. The lowest BCUT2D eigenvalue weighted by molar-refractivity contribution is 0.0796. The second kappa shape index (κ2) is 6.06. The van der Waals surface area contributed by atoms with E-state index in [2.05, 4.69) is 4.98 Å². The van der Waals surface area contributed by atoms with Gasteiger partial charge in [0.1, 0.15) is 0 Å². The molecule has 0 aliphatic heterocycles. The molecule has 0 unspecified atom stereocenters.